The number of benzene rings is 1. The number of aryl methyl sites for hydroxylation is 1. The first kappa shape index (κ1) is 13.5. The lowest BCUT2D eigenvalue weighted by Gasteiger charge is -2.26. The predicted molar refractivity (Wildman–Crippen MR) is 71.2 cm³/mol. The van der Waals surface area contributed by atoms with Gasteiger partial charge in [0.25, 0.3) is 10.1 Å². The van der Waals surface area contributed by atoms with Crippen molar-refractivity contribution in [3.8, 4) is 0 Å². The molecular formula is C13H19NO3S. The van der Waals surface area contributed by atoms with Crippen molar-refractivity contribution in [2.75, 3.05) is 12.3 Å². The van der Waals surface area contributed by atoms with Crippen molar-refractivity contribution >= 4 is 10.1 Å². The van der Waals surface area contributed by atoms with Gasteiger partial charge in [0.2, 0.25) is 0 Å². The van der Waals surface area contributed by atoms with E-state index in [4.69, 9.17) is 4.55 Å². The molecule has 1 atom stereocenters. The van der Waals surface area contributed by atoms with E-state index in [9.17, 15) is 8.42 Å². The fourth-order valence-corrected chi connectivity index (χ4v) is 3.01. The first-order valence-electron chi connectivity index (χ1n) is 6.32. The molecule has 0 amide bonds. The van der Waals surface area contributed by atoms with Gasteiger partial charge in [-0.3, -0.25) is 4.55 Å². The van der Waals surface area contributed by atoms with E-state index in [1.807, 2.05) is 6.07 Å². The van der Waals surface area contributed by atoms with Crippen LogP contribution in [0.25, 0.3) is 0 Å². The van der Waals surface area contributed by atoms with Crippen LogP contribution in [0.3, 0.4) is 0 Å². The van der Waals surface area contributed by atoms with Gasteiger partial charge in [0.1, 0.15) is 0 Å². The number of fused-ring (bicyclic) bond motifs is 1. The van der Waals surface area contributed by atoms with Crippen molar-refractivity contribution in [2.24, 2.45) is 0 Å². The highest BCUT2D eigenvalue weighted by Gasteiger charge is 2.18. The average Bonchev–Trinajstić information content (AvgIpc) is 2.33. The number of hydrogen-bond donors (Lipinski definition) is 2. The van der Waals surface area contributed by atoms with Gasteiger partial charge in [0.15, 0.2) is 0 Å². The molecule has 0 spiro atoms. The zero-order valence-electron chi connectivity index (χ0n) is 10.3. The third-order valence-corrected chi connectivity index (χ3v) is 4.14. The molecule has 0 aromatic heterocycles. The number of hydrogen-bond acceptors (Lipinski definition) is 3. The van der Waals surface area contributed by atoms with Crippen molar-refractivity contribution in [1.29, 1.82) is 0 Å². The zero-order chi connectivity index (χ0) is 13.0. The third-order valence-electron chi connectivity index (χ3n) is 3.34. The quantitative estimate of drug-likeness (QED) is 0.633. The van der Waals surface area contributed by atoms with Crippen LogP contribution in [0.1, 0.15) is 36.4 Å². The molecule has 100 valence electrons. The van der Waals surface area contributed by atoms with E-state index in [1.165, 1.54) is 11.1 Å². The second kappa shape index (κ2) is 5.82. The lowest BCUT2D eigenvalue weighted by Crippen LogP contribution is -2.27. The van der Waals surface area contributed by atoms with Crippen molar-refractivity contribution < 1.29 is 13.0 Å². The maximum atomic E-state index is 10.6. The summed E-state index contributed by atoms with van der Waals surface area (Å²) in [6.07, 6.45) is 3.81. The van der Waals surface area contributed by atoms with E-state index in [0.29, 0.717) is 19.0 Å². The standard InChI is InChI=1S/C13H19NO3S/c15-18(16,17)10-4-9-14-13-8-3-6-11-5-1-2-7-12(11)13/h1-2,5,7,13-14H,3-4,6,8-10H2,(H,15,16,17). The average molecular weight is 269 g/mol. The fraction of sp³-hybridized carbons (Fsp3) is 0.538. The molecule has 4 nitrogen and oxygen atoms in total. The molecule has 0 fully saturated rings. The molecule has 2 N–H and O–H groups in total. The summed E-state index contributed by atoms with van der Waals surface area (Å²) in [6, 6.07) is 8.70. The van der Waals surface area contributed by atoms with Crippen LogP contribution in [0.15, 0.2) is 24.3 Å². The Morgan fingerprint density at radius 1 is 1.33 bits per heavy atom. The number of rotatable bonds is 5. The first-order valence-corrected chi connectivity index (χ1v) is 7.93. The summed E-state index contributed by atoms with van der Waals surface area (Å²) in [5.74, 6) is -0.172. The Balaban J connectivity index is 1.88. The van der Waals surface area contributed by atoms with Crippen molar-refractivity contribution in [3.63, 3.8) is 0 Å². The highest BCUT2D eigenvalue weighted by molar-refractivity contribution is 7.85. The Morgan fingerprint density at radius 3 is 2.89 bits per heavy atom. The molecular weight excluding hydrogens is 250 g/mol. The zero-order valence-corrected chi connectivity index (χ0v) is 11.1. The molecule has 0 heterocycles. The Hall–Kier alpha value is -0.910. The van der Waals surface area contributed by atoms with Crippen LogP contribution in [0.2, 0.25) is 0 Å². The van der Waals surface area contributed by atoms with Crippen molar-refractivity contribution in [3.05, 3.63) is 35.4 Å². The summed E-state index contributed by atoms with van der Waals surface area (Å²) in [5, 5.41) is 3.37. The van der Waals surface area contributed by atoms with Gasteiger partial charge >= 0.3 is 0 Å². The second-order valence-corrected chi connectivity index (χ2v) is 6.31. The van der Waals surface area contributed by atoms with E-state index >= 15 is 0 Å². The summed E-state index contributed by atoms with van der Waals surface area (Å²) in [6.45, 7) is 0.610. The lowest BCUT2D eigenvalue weighted by atomic mass is 9.88. The third kappa shape index (κ3) is 3.80. The van der Waals surface area contributed by atoms with Crippen LogP contribution in [-0.4, -0.2) is 25.3 Å². The number of nitrogens with one attached hydrogen (secondary N) is 1. The summed E-state index contributed by atoms with van der Waals surface area (Å²) >= 11 is 0. The minimum atomic E-state index is -3.83. The Bertz CT molecular complexity index is 499. The monoisotopic (exact) mass is 269 g/mol. The molecule has 18 heavy (non-hydrogen) atoms. The molecule has 1 unspecified atom stereocenters. The SMILES string of the molecule is O=S(=O)(O)CCCNC1CCCc2ccccc21. The minimum Gasteiger partial charge on any atom is -0.310 e. The van der Waals surface area contributed by atoms with Crippen molar-refractivity contribution in [1.82, 2.24) is 5.32 Å². The first-order chi connectivity index (χ1) is 8.56. The van der Waals surface area contributed by atoms with Gasteiger partial charge in [0, 0.05) is 6.04 Å². The van der Waals surface area contributed by atoms with Gasteiger partial charge in [0.05, 0.1) is 5.75 Å². The van der Waals surface area contributed by atoms with E-state index < -0.39 is 10.1 Å². The largest absolute Gasteiger partial charge is 0.310 e. The fourth-order valence-electron chi connectivity index (χ4n) is 2.50. The van der Waals surface area contributed by atoms with Gasteiger partial charge in [-0.15, -0.1) is 0 Å². The van der Waals surface area contributed by atoms with Gasteiger partial charge in [-0.25, -0.2) is 0 Å². The normalized spacial score (nSPS) is 19.5. The smallest absolute Gasteiger partial charge is 0.264 e. The minimum absolute atomic E-state index is 0.172. The predicted octanol–water partition coefficient (Wildman–Crippen LogP) is 1.93. The molecule has 0 saturated carbocycles. The highest BCUT2D eigenvalue weighted by atomic mass is 32.2. The summed E-state index contributed by atoms with van der Waals surface area (Å²) < 4.78 is 29.9. The van der Waals surface area contributed by atoms with Gasteiger partial charge in [-0.05, 0) is 43.4 Å². The summed E-state index contributed by atoms with van der Waals surface area (Å²) in [5.41, 5.74) is 2.71. The van der Waals surface area contributed by atoms with Gasteiger partial charge < -0.3 is 5.32 Å². The molecule has 1 aliphatic rings. The van der Waals surface area contributed by atoms with Crippen LogP contribution in [0.5, 0.6) is 0 Å². The van der Waals surface area contributed by atoms with E-state index in [0.717, 1.165) is 19.3 Å². The van der Waals surface area contributed by atoms with Crippen LogP contribution >= 0.6 is 0 Å². The van der Waals surface area contributed by atoms with Crippen molar-refractivity contribution in [2.45, 2.75) is 31.7 Å². The van der Waals surface area contributed by atoms with Crippen LogP contribution in [0, 0.1) is 0 Å². The Kier molecular flexibility index (Phi) is 4.37. The molecule has 0 aliphatic heterocycles. The maximum Gasteiger partial charge on any atom is 0.264 e. The Morgan fingerprint density at radius 2 is 2.11 bits per heavy atom. The van der Waals surface area contributed by atoms with Crippen LogP contribution in [-0.2, 0) is 16.5 Å². The molecule has 2 rings (SSSR count). The molecule has 5 heteroatoms. The summed E-state index contributed by atoms with van der Waals surface area (Å²) in [7, 11) is -3.83. The highest BCUT2D eigenvalue weighted by Crippen LogP contribution is 2.29. The Labute approximate surface area is 108 Å². The van der Waals surface area contributed by atoms with E-state index in [-0.39, 0.29) is 5.75 Å². The molecule has 0 radical (unpaired) electrons. The maximum absolute atomic E-state index is 10.6. The van der Waals surface area contributed by atoms with Crippen LogP contribution in [0.4, 0.5) is 0 Å². The lowest BCUT2D eigenvalue weighted by molar-refractivity contribution is 0.452. The summed E-state index contributed by atoms with van der Waals surface area (Å²) in [4.78, 5) is 0. The molecule has 1 aromatic rings. The molecule has 1 aromatic carbocycles. The molecule has 0 saturated heterocycles. The van der Waals surface area contributed by atoms with Gasteiger partial charge in [-0.1, -0.05) is 24.3 Å². The molecule has 0 bridgehead atoms. The van der Waals surface area contributed by atoms with E-state index in [1.54, 1.807) is 0 Å². The topological polar surface area (TPSA) is 66.4 Å². The molecule has 1 aliphatic carbocycles. The van der Waals surface area contributed by atoms with Gasteiger partial charge in [-0.2, -0.15) is 8.42 Å². The van der Waals surface area contributed by atoms with Crippen LogP contribution < -0.4 is 5.32 Å². The second-order valence-electron chi connectivity index (χ2n) is 4.74. The van der Waals surface area contributed by atoms with E-state index in [2.05, 4.69) is 23.5 Å².